The lowest BCUT2D eigenvalue weighted by Gasteiger charge is -2.10. The summed E-state index contributed by atoms with van der Waals surface area (Å²) in [5.74, 6) is 1.46. The number of fused-ring (bicyclic) bond motifs is 1. The van der Waals surface area contributed by atoms with E-state index < -0.39 is 0 Å². The molecule has 0 amide bonds. The van der Waals surface area contributed by atoms with Crippen molar-refractivity contribution in [3.63, 3.8) is 0 Å². The maximum atomic E-state index is 5.45. The third kappa shape index (κ3) is 3.07. The van der Waals surface area contributed by atoms with Gasteiger partial charge in [0.1, 0.15) is 12.1 Å². The van der Waals surface area contributed by atoms with Crippen molar-refractivity contribution in [2.24, 2.45) is 0 Å². The first-order valence-corrected chi connectivity index (χ1v) is 7.43. The van der Waals surface area contributed by atoms with E-state index in [0.717, 1.165) is 29.2 Å². The molecule has 0 aliphatic rings. The van der Waals surface area contributed by atoms with Crippen LogP contribution in [-0.4, -0.2) is 26.2 Å². The third-order valence-corrected chi connectivity index (χ3v) is 3.34. The van der Waals surface area contributed by atoms with Crippen LogP contribution >= 0.6 is 0 Å². The van der Waals surface area contributed by atoms with Crippen LogP contribution in [0.4, 0.5) is 11.5 Å². The third-order valence-electron chi connectivity index (χ3n) is 3.34. The summed E-state index contributed by atoms with van der Waals surface area (Å²) in [7, 11) is 0. The van der Waals surface area contributed by atoms with Gasteiger partial charge in [-0.05, 0) is 31.0 Å². The number of nitrogens with zero attached hydrogens (tertiary/aromatic N) is 4. The fourth-order valence-electron chi connectivity index (χ4n) is 2.24. The summed E-state index contributed by atoms with van der Waals surface area (Å²) < 4.78 is 7.16. The van der Waals surface area contributed by atoms with Gasteiger partial charge in [0.2, 0.25) is 0 Å². The van der Waals surface area contributed by atoms with Crippen LogP contribution in [0, 0.1) is 0 Å². The van der Waals surface area contributed by atoms with Crippen molar-refractivity contribution in [1.82, 2.24) is 19.6 Å². The predicted molar refractivity (Wildman–Crippen MR) is 85.2 cm³/mol. The van der Waals surface area contributed by atoms with E-state index in [-0.39, 0.29) is 0 Å². The lowest BCUT2D eigenvalue weighted by Crippen LogP contribution is -2.04. The Balaban J connectivity index is 1.90. The molecule has 1 aromatic carbocycles. The average Bonchev–Trinajstić information content (AvgIpc) is 3.02. The van der Waals surface area contributed by atoms with Gasteiger partial charge in [-0.3, -0.25) is 0 Å². The van der Waals surface area contributed by atoms with Gasteiger partial charge in [-0.15, -0.1) is 0 Å². The van der Waals surface area contributed by atoms with Crippen molar-refractivity contribution in [1.29, 1.82) is 0 Å². The summed E-state index contributed by atoms with van der Waals surface area (Å²) in [5, 5.41) is 7.61. The molecule has 22 heavy (non-hydrogen) atoms. The van der Waals surface area contributed by atoms with Crippen LogP contribution in [-0.2, 0) is 17.8 Å². The van der Waals surface area contributed by atoms with E-state index in [1.807, 2.05) is 25.1 Å². The highest BCUT2D eigenvalue weighted by atomic mass is 16.5. The molecule has 0 radical (unpaired) electrons. The monoisotopic (exact) mass is 297 g/mol. The summed E-state index contributed by atoms with van der Waals surface area (Å²) in [6.07, 6.45) is 2.36. The summed E-state index contributed by atoms with van der Waals surface area (Å²) in [4.78, 5) is 8.61. The topological polar surface area (TPSA) is 64.3 Å². The van der Waals surface area contributed by atoms with Crippen LogP contribution < -0.4 is 5.32 Å². The summed E-state index contributed by atoms with van der Waals surface area (Å²) >= 11 is 0. The van der Waals surface area contributed by atoms with Gasteiger partial charge in [-0.2, -0.15) is 14.6 Å². The van der Waals surface area contributed by atoms with E-state index in [1.54, 1.807) is 4.52 Å². The number of ether oxygens (including phenoxy) is 1. The molecule has 0 fully saturated rings. The number of rotatable bonds is 6. The van der Waals surface area contributed by atoms with E-state index in [4.69, 9.17) is 4.74 Å². The highest BCUT2D eigenvalue weighted by molar-refractivity contribution is 5.59. The maximum absolute atomic E-state index is 5.45. The fraction of sp³-hybridized carbons (Fsp3) is 0.312. The van der Waals surface area contributed by atoms with Gasteiger partial charge < -0.3 is 10.1 Å². The molecule has 0 aliphatic heterocycles. The molecular weight excluding hydrogens is 278 g/mol. The van der Waals surface area contributed by atoms with E-state index in [0.29, 0.717) is 19.0 Å². The first-order chi connectivity index (χ1) is 10.8. The highest BCUT2D eigenvalue weighted by Crippen LogP contribution is 2.19. The first-order valence-electron chi connectivity index (χ1n) is 7.43. The summed E-state index contributed by atoms with van der Waals surface area (Å²) in [5.41, 5.74) is 3.10. The first kappa shape index (κ1) is 14.5. The zero-order valence-corrected chi connectivity index (χ0v) is 12.8. The van der Waals surface area contributed by atoms with E-state index >= 15 is 0 Å². The SMILES string of the molecule is CCOCc1cccc(Nc2cc(CC)nc3ncnn23)c1. The maximum Gasteiger partial charge on any atom is 0.254 e. The van der Waals surface area contributed by atoms with E-state index in [2.05, 4.69) is 39.4 Å². The largest absolute Gasteiger partial charge is 0.377 e. The van der Waals surface area contributed by atoms with E-state index in [9.17, 15) is 0 Å². The second kappa shape index (κ2) is 6.53. The molecule has 3 aromatic rings. The molecule has 0 saturated heterocycles. The van der Waals surface area contributed by atoms with Crippen LogP contribution in [0.25, 0.3) is 5.78 Å². The minimum atomic E-state index is 0.604. The number of benzene rings is 1. The minimum absolute atomic E-state index is 0.604. The molecule has 0 spiro atoms. The lowest BCUT2D eigenvalue weighted by atomic mass is 10.2. The number of aromatic nitrogens is 4. The van der Waals surface area contributed by atoms with Gasteiger partial charge in [-0.25, -0.2) is 4.98 Å². The molecule has 0 atom stereocenters. The van der Waals surface area contributed by atoms with Crippen molar-refractivity contribution >= 4 is 17.3 Å². The Bertz CT molecular complexity index is 768. The zero-order chi connectivity index (χ0) is 15.4. The second-order valence-electron chi connectivity index (χ2n) is 4.92. The molecular formula is C16H19N5O. The van der Waals surface area contributed by atoms with Crippen LogP contribution in [0.15, 0.2) is 36.7 Å². The molecule has 2 heterocycles. The second-order valence-corrected chi connectivity index (χ2v) is 4.92. The number of anilines is 2. The van der Waals surface area contributed by atoms with Crippen LogP contribution in [0.1, 0.15) is 25.1 Å². The van der Waals surface area contributed by atoms with Crippen LogP contribution in [0.5, 0.6) is 0 Å². The van der Waals surface area contributed by atoms with Gasteiger partial charge in [0.25, 0.3) is 5.78 Å². The molecule has 1 N–H and O–H groups in total. The predicted octanol–water partition coefficient (Wildman–Crippen LogP) is 2.97. The van der Waals surface area contributed by atoms with Crippen LogP contribution in [0.3, 0.4) is 0 Å². The molecule has 0 bridgehead atoms. The molecule has 0 saturated carbocycles. The molecule has 6 heteroatoms. The quantitative estimate of drug-likeness (QED) is 0.758. The number of nitrogens with one attached hydrogen (secondary N) is 1. The van der Waals surface area contributed by atoms with Gasteiger partial charge in [0.05, 0.1) is 6.61 Å². The minimum Gasteiger partial charge on any atom is -0.377 e. The van der Waals surface area contributed by atoms with Crippen molar-refractivity contribution in [2.45, 2.75) is 26.9 Å². The molecule has 114 valence electrons. The molecule has 0 unspecified atom stereocenters. The smallest absolute Gasteiger partial charge is 0.254 e. The normalized spacial score (nSPS) is 11.0. The highest BCUT2D eigenvalue weighted by Gasteiger charge is 2.07. The fourth-order valence-corrected chi connectivity index (χ4v) is 2.24. The summed E-state index contributed by atoms with van der Waals surface area (Å²) in [6, 6.07) is 10.2. The average molecular weight is 297 g/mol. The Morgan fingerprint density at radius 1 is 1.23 bits per heavy atom. The Labute approximate surface area is 129 Å². The van der Waals surface area contributed by atoms with Crippen molar-refractivity contribution in [3.05, 3.63) is 47.9 Å². The number of hydrogen-bond acceptors (Lipinski definition) is 5. The standard InChI is InChI=1S/C16H19N5O/c1-3-13-9-15(21-16(20-13)17-11-18-21)19-14-7-5-6-12(8-14)10-22-4-2/h5-9,11,19H,3-4,10H2,1-2H3. The van der Waals surface area contributed by atoms with Gasteiger partial charge in [0.15, 0.2) is 0 Å². The molecule has 0 aliphatic carbocycles. The van der Waals surface area contributed by atoms with Crippen molar-refractivity contribution < 1.29 is 4.74 Å². The van der Waals surface area contributed by atoms with Crippen molar-refractivity contribution in [2.75, 3.05) is 11.9 Å². The van der Waals surface area contributed by atoms with Gasteiger partial charge >= 0.3 is 0 Å². The Hall–Kier alpha value is -2.47. The number of hydrogen-bond donors (Lipinski definition) is 1. The Kier molecular flexibility index (Phi) is 4.29. The summed E-state index contributed by atoms with van der Waals surface area (Å²) in [6.45, 7) is 5.39. The lowest BCUT2D eigenvalue weighted by molar-refractivity contribution is 0.134. The Morgan fingerprint density at radius 3 is 2.95 bits per heavy atom. The zero-order valence-electron chi connectivity index (χ0n) is 12.8. The molecule has 3 rings (SSSR count). The van der Waals surface area contributed by atoms with Gasteiger partial charge in [0, 0.05) is 24.1 Å². The molecule has 6 nitrogen and oxygen atoms in total. The van der Waals surface area contributed by atoms with Gasteiger partial charge in [-0.1, -0.05) is 19.1 Å². The number of aryl methyl sites for hydroxylation is 1. The molecule has 2 aromatic heterocycles. The van der Waals surface area contributed by atoms with Crippen LogP contribution in [0.2, 0.25) is 0 Å². The Morgan fingerprint density at radius 2 is 2.14 bits per heavy atom. The van der Waals surface area contributed by atoms with E-state index in [1.165, 1.54) is 6.33 Å². The van der Waals surface area contributed by atoms with Crippen molar-refractivity contribution in [3.8, 4) is 0 Å².